The van der Waals surface area contributed by atoms with Crippen LogP contribution in [0.3, 0.4) is 0 Å². The van der Waals surface area contributed by atoms with Gasteiger partial charge in [-0.05, 0) is 86.5 Å². The van der Waals surface area contributed by atoms with Gasteiger partial charge in [0.25, 0.3) is 5.17 Å². The molecule has 4 rings (SSSR count). The summed E-state index contributed by atoms with van der Waals surface area (Å²) in [6, 6.07) is 19.0. The number of rotatable bonds is 3. The second-order valence-corrected chi connectivity index (χ2v) is 8.90. The van der Waals surface area contributed by atoms with Crippen LogP contribution < -0.4 is 5.32 Å². The van der Waals surface area contributed by atoms with Gasteiger partial charge < -0.3 is 10.1 Å². The van der Waals surface area contributed by atoms with E-state index in [9.17, 15) is 0 Å². The first-order chi connectivity index (χ1) is 12.6. The Labute approximate surface area is 169 Å². The fraction of sp³-hybridized carbons (Fsp3) is 0.409. The van der Waals surface area contributed by atoms with Crippen molar-refractivity contribution in [3.05, 3.63) is 64.6 Å². The summed E-state index contributed by atoms with van der Waals surface area (Å²) in [5.74, 6) is 0.705. The molecule has 0 bridgehead atoms. The van der Waals surface area contributed by atoms with Gasteiger partial charge in [-0.15, -0.1) is 0 Å². The summed E-state index contributed by atoms with van der Waals surface area (Å²) in [5, 5.41) is 3.71. The molecule has 1 N–H and O–H groups in total. The summed E-state index contributed by atoms with van der Waals surface area (Å²) in [6.45, 7) is 0. The van der Waals surface area contributed by atoms with Gasteiger partial charge in [0.2, 0.25) is 0 Å². The molecule has 2 fully saturated rings. The number of hydrogen-bond acceptors (Lipinski definition) is 2. The van der Waals surface area contributed by atoms with Crippen LogP contribution in [0.5, 0.6) is 0 Å². The van der Waals surface area contributed by atoms with Crippen molar-refractivity contribution in [3.63, 3.8) is 0 Å². The lowest BCUT2D eigenvalue weighted by Gasteiger charge is -2.52. The van der Waals surface area contributed by atoms with E-state index in [-0.39, 0.29) is 6.10 Å². The summed E-state index contributed by atoms with van der Waals surface area (Å²) >= 11 is 8.90. The summed E-state index contributed by atoms with van der Waals surface area (Å²) in [6.07, 6.45) is 7.69. The molecule has 4 heteroatoms. The van der Waals surface area contributed by atoms with Gasteiger partial charge in [0, 0.05) is 15.6 Å². The highest BCUT2D eigenvalue weighted by Crippen LogP contribution is 2.55. The van der Waals surface area contributed by atoms with E-state index in [1.807, 2.05) is 24.3 Å². The average molecular weight is 430 g/mol. The average Bonchev–Trinajstić information content (AvgIpc) is 2.68. The van der Waals surface area contributed by atoms with Crippen LogP contribution >= 0.6 is 28.1 Å². The lowest BCUT2D eigenvalue weighted by atomic mass is 9.56. The first-order valence-electron chi connectivity index (χ1n) is 9.43. The minimum absolute atomic E-state index is 0.273. The molecule has 0 heterocycles. The first kappa shape index (κ1) is 18.0. The highest BCUT2D eigenvalue weighted by Gasteiger charge is 2.50. The molecule has 0 aliphatic heterocycles. The third kappa shape index (κ3) is 3.81. The molecular weight excluding hydrogens is 406 g/mol. The van der Waals surface area contributed by atoms with Crippen LogP contribution in [-0.4, -0.2) is 11.3 Å². The van der Waals surface area contributed by atoms with Crippen molar-refractivity contribution in [2.24, 2.45) is 5.41 Å². The van der Waals surface area contributed by atoms with Crippen molar-refractivity contribution < 1.29 is 4.74 Å². The van der Waals surface area contributed by atoms with Gasteiger partial charge in [-0.1, -0.05) is 46.3 Å². The number of thiocarbonyl (C=S) groups is 1. The molecule has 2 aliphatic rings. The van der Waals surface area contributed by atoms with Crippen molar-refractivity contribution in [3.8, 4) is 0 Å². The number of ether oxygens (including phenoxy) is 1. The molecule has 2 saturated carbocycles. The zero-order valence-corrected chi connectivity index (χ0v) is 17.2. The zero-order chi connectivity index (χ0) is 18.0. The Bertz CT molecular complexity index is 753. The Balaban J connectivity index is 1.32. The topological polar surface area (TPSA) is 21.3 Å². The number of hydrogen-bond donors (Lipinski definition) is 1. The van der Waals surface area contributed by atoms with Crippen molar-refractivity contribution in [2.45, 2.75) is 50.5 Å². The third-order valence-corrected chi connectivity index (χ3v) is 6.91. The second kappa shape index (κ2) is 7.69. The molecule has 2 aromatic rings. The largest absolute Gasteiger partial charge is 0.467 e. The van der Waals surface area contributed by atoms with Crippen LogP contribution in [0.4, 0.5) is 5.69 Å². The van der Waals surface area contributed by atoms with E-state index in [0.29, 0.717) is 16.5 Å². The maximum atomic E-state index is 6.16. The van der Waals surface area contributed by atoms with Gasteiger partial charge in [0.05, 0.1) is 0 Å². The molecule has 2 aromatic carbocycles. The normalized spacial score (nSPS) is 27.6. The van der Waals surface area contributed by atoms with Crippen LogP contribution in [0.25, 0.3) is 0 Å². The quantitative estimate of drug-likeness (QED) is 0.550. The van der Waals surface area contributed by atoms with Crippen molar-refractivity contribution in [2.75, 3.05) is 5.32 Å². The number of benzene rings is 2. The summed E-state index contributed by atoms with van der Waals surface area (Å²) in [5.41, 5.74) is 2.81. The molecule has 0 saturated heterocycles. The highest BCUT2D eigenvalue weighted by molar-refractivity contribution is 9.10. The van der Waals surface area contributed by atoms with E-state index in [0.717, 1.165) is 16.6 Å². The fourth-order valence-electron chi connectivity index (χ4n) is 4.49. The van der Waals surface area contributed by atoms with E-state index in [1.165, 1.54) is 37.7 Å². The Morgan fingerprint density at radius 1 is 0.962 bits per heavy atom. The number of halogens is 1. The zero-order valence-electron chi connectivity index (χ0n) is 14.8. The summed E-state index contributed by atoms with van der Waals surface area (Å²) in [7, 11) is 0. The van der Waals surface area contributed by atoms with E-state index >= 15 is 0 Å². The second-order valence-electron chi connectivity index (χ2n) is 7.61. The lowest BCUT2D eigenvalue weighted by Crippen LogP contribution is -2.49. The van der Waals surface area contributed by atoms with Gasteiger partial charge in [-0.3, -0.25) is 0 Å². The van der Waals surface area contributed by atoms with E-state index < -0.39 is 0 Å². The number of anilines is 1. The number of nitrogens with one attached hydrogen (secondary N) is 1. The summed E-state index contributed by atoms with van der Waals surface area (Å²) < 4.78 is 7.22. The monoisotopic (exact) mass is 429 g/mol. The van der Waals surface area contributed by atoms with Gasteiger partial charge in [0.15, 0.2) is 0 Å². The first-order valence-corrected chi connectivity index (χ1v) is 10.6. The van der Waals surface area contributed by atoms with Gasteiger partial charge in [0.1, 0.15) is 6.10 Å². The SMILES string of the molecule is S=C(Nc1ccc(Br)cc1)OC1CCC12CCC(c1ccccc1)CC2. The molecule has 1 unspecified atom stereocenters. The van der Waals surface area contributed by atoms with Crippen molar-refractivity contribution >= 4 is 39.0 Å². The van der Waals surface area contributed by atoms with Gasteiger partial charge in [-0.2, -0.15) is 0 Å². The van der Waals surface area contributed by atoms with Crippen LogP contribution in [0.15, 0.2) is 59.1 Å². The van der Waals surface area contributed by atoms with Gasteiger partial charge in [-0.25, -0.2) is 0 Å². The van der Waals surface area contributed by atoms with E-state index in [2.05, 4.69) is 51.6 Å². The summed E-state index contributed by atoms with van der Waals surface area (Å²) in [4.78, 5) is 0. The molecule has 136 valence electrons. The molecule has 0 amide bonds. The van der Waals surface area contributed by atoms with E-state index in [1.54, 1.807) is 0 Å². The standard InChI is InChI=1S/C22H24BrNOS/c23-18-6-8-19(9-7-18)24-21(26)25-20-12-15-22(20)13-10-17(11-14-22)16-4-2-1-3-5-16/h1-9,17,20H,10-15H2,(H,24,26). The Kier molecular flexibility index (Phi) is 5.32. The fourth-order valence-corrected chi connectivity index (χ4v) is 4.99. The molecule has 1 atom stereocenters. The molecule has 2 nitrogen and oxygen atoms in total. The predicted molar refractivity (Wildman–Crippen MR) is 115 cm³/mol. The maximum Gasteiger partial charge on any atom is 0.261 e. The Hall–Kier alpha value is -1.39. The lowest BCUT2D eigenvalue weighted by molar-refractivity contribution is -0.0789. The third-order valence-electron chi connectivity index (χ3n) is 6.18. The van der Waals surface area contributed by atoms with Crippen molar-refractivity contribution in [1.29, 1.82) is 0 Å². The molecule has 0 aromatic heterocycles. The molecular formula is C22H24BrNOS. The maximum absolute atomic E-state index is 6.16. The Morgan fingerprint density at radius 3 is 2.23 bits per heavy atom. The minimum Gasteiger partial charge on any atom is -0.467 e. The smallest absolute Gasteiger partial charge is 0.261 e. The molecule has 0 radical (unpaired) electrons. The van der Waals surface area contributed by atoms with Crippen LogP contribution in [0, 0.1) is 5.41 Å². The molecule has 1 spiro atoms. The van der Waals surface area contributed by atoms with Crippen molar-refractivity contribution in [1.82, 2.24) is 0 Å². The van der Waals surface area contributed by atoms with Crippen LogP contribution in [-0.2, 0) is 4.74 Å². The minimum atomic E-state index is 0.273. The molecule has 26 heavy (non-hydrogen) atoms. The predicted octanol–water partition coefficient (Wildman–Crippen LogP) is 6.67. The molecule has 2 aliphatic carbocycles. The van der Waals surface area contributed by atoms with Crippen LogP contribution in [0.2, 0.25) is 0 Å². The van der Waals surface area contributed by atoms with E-state index in [4.69, 9.17) is 17.0 Å². The highest BCUT2D eigenvalue weighted by atomic mass is 79.9. The van der Waals surface area contributed by atoms with Crippen LogP contribution in [0.1, 0.15) is 50.0 Å². The van der Waals surface area contributed by atoms with Gasteiger partial charge >= 0.3 is 0 Å². The Morgan fingerprint density at radius 2 is 1.62 bits per heavy atom.